The minimum Gasteiger partial charge on any atom is -0.506 e. The van der Waals surface area contributed by atoms with Crippen LogP contribution in [-0.4, -0.2) is 21.9 Å². The molecule has 2 heterocycles. The van der Waals surface area contributed by atoms with Crippen LogP contribution in [0.2, 0.25) is 8.67 Å². The second kappa shape index (κ2) is 7.49. The van der Waals surface area contributed by atoms with Gasteiger partial charge in [0.2, 0.25) is 0 Å². The summed E-state index contributed by atoms with van der Waals surface area (Å²) in [6.45, 7) is 0. The summed E-state index contributed by atoms with van der Waals surface area (Å²) in [5, 5.41) is 10.1. The molecule has 0 spiro atoms. The zero-order valence-corrected chi connectivity index (χ0v) is 17.8. The van der Waals surface area contributed by atoms with E-state index in [9.17, 15) is 21.9 Å². The minimum absolute atomic E-state index is 0.0605. The fourth-order valence-electron chi connectivity index (χ4n) is 2.00. The molecule has 3 rings (SSSR count). The molecule has 27 heavy (non-hydrogen) atoms. The minimum atomic E-state index is -4.08. The Bertz CT molecular complexity index is 1200. The number of hydrogen-bond donors (Lipinski definition) is 3. The monoisotopic (exact) mass is 484 g/mol. The Morgan fingerprint density at radius 3 is 1.78 bits per heavy atom. The number of rotatable bonds is 6. The van der Waals surface area contributed by atoms with E-state index in [1.807, 2.05) is 0 Å². The molecule has 0 unspecified atom stereocenters. The second-order valence-electron chi connectivity index (χ2n) is 5.03. The van der Waals surface area contributed by atoms with E-state index in [0.717, 1.165) is 22.7 Å². The van der Waals surface area contributed by atoms with Crippen LogP contribution in [0.5, 0.6) is 5.75 Å². The van der Waals surface area contributed by atoms with Crippen molar-refractivity contribution in [1.29, 1.82) is 0 Å². The molecule has 0 saturated heterocycles. The Morgan fingerprint density at radius 1 is 0.778 bits per heavy atom. The third kappa shape index (κ3) is 4.50. The molecule has 2 aromatic heterocycles. The van der Waals surface area contributed by atoms with Crippen LogP contribution >= 0.6 is 45.9 Å². The van der Waals surface area contributed by atoms with E-state index in [1.165, 1.54) is 42.5 Å². The van der Waals surface area contributed by atoms with Crippen molar-refractivity contribution < 1.29 is 21.9 Å². The predicted molar refractivity (Wildman–Crippen MR) is 108 cm³/mol. The number of aromatic hydroxyl groups is 1. The Hall–Kier alpha value is -1.50. The molecule has 0 bridgehead atoms. The summed E-state index contributed by atoms with van der Waals surface area (Å²) in [4.78, 5) is 0. The van der Waals surface area contributed by atoms with E-state index >= 15 is 0 Å². The molecule has 1 aromatic carbocycles. The number of thiophene rings is 2. The van der Waals surface area contributed by atoms with Crippen molar-refractivity contribution >= 4 is 77.3 Å². The Labute approximate surface area is 173 Å². The zero-order chi connectivity index (χ0) is 19.8. The van der Waals surface area contributed by atoms with Gasteiger partial charge in [-0.2, -0.15) is 0 Å². The van der Waals surface area contributed by atoms with Crippen LogP contribution in [0.15, 0.2) is 50.9 Å². The maximum atomic E-state index is 12.5. The SMILES string of the molecule is O=S(=O)(Nc1cccc(O)c1NS(=O)(=O)c1ccc(Cl)s1)c1ccc(Cl)s1. The van der Waals surface area contributed by atoms with Crippen LogP contribution < -0.4 is 9.44 Å². The predicted octanol–water partition coefficient (Wildman–Crippen LogP) is 4.42. The van der Waals surface area contributed by atoms with Crippen molar-refractivity contribution in [2.75, 3.05) is 9.44 Å². The van der Waals surface area contributed by atoms with Crippen LogP contribution in [0.25, 0.3) is 0 Å². The summed E-state index contributed by atoms with van der Waals surface area (Å²) in [5.41, 5.74) is -0.459. The number of sulfonamides is 2. The average Bonchev–Trinajstić information content (AvgIpc) is 3.20. The smallest absolute Gasteiger partial charge is 0.271 e. The van der Waals surface area contributed by atoms with Gasteiger partial charge in [-0.25, -0.2) is 16.8 Å². The molecule has 3 N–H and O–H groups in total. The van der Waals surface area contributed by atoms with Gasteiger partial charge in [0, 0.05) is 0 Å². The normalized spacial score (nSPS) is 12.1. The number of benzene rings is 1. The molecule has 0 atom stereocenters. The lowest BCUT2D eigenvalue weighted by molar-refractivity contribution is 0.478. The van der Waals surface area contributed by atoms with Gasteiger partial charge in [0.15, 0.2) is 0 Å². The van der Waals surface area contributed by atoms with Crippen molar-refractivity contribution in [3.63, 3.8) is 0 Å². The van der Waals surface area contributed by atoms with Crippen molar-refractivity contribution in [3.05, 3.63) is 51.1 Å². The lowest BCUT2D eigenvalue weighted by Crippen LogP contribution is -2.16. The summed E-state index contributed by atoms with van der Waals surface area (Å²) in [7, 11) is -8.11. The van der Waals surface area contributed by atoms with Gasteiger partial charge in [0.1, 0.15) is 19.9 Å². The first kappa shape index (κ1) is 20.2. The molecule has 144 valence electrons. The highest BCUT2D eigenvalue weighted by Crippen LogP contribution is 2.37. The molecule has 0 saturated carbocycles. The van der Waals surface area contributed by atoms with Gasteiger partial charge in [-0.1, -0.05) is 29.3 Å². The Balaban J connectivity index is 1.98. The van der Waals surface area contributed by atoms with Gasteiger partial charge in [-0.3, -0.25) is 9.44 Å². The number of para-hydroxylation sites is 1. The first-order chi connectivity index (χ1) is 12.6. The zero-order valence-electron chi connectivity index (χ0n) is 13.0. The van der Waals surface area contributed by atoms with Crippen molar-refractivity contribution in [2.24, 2.45) is 0 Å². The maximum absolute atomic E-state index is 12.5. The van der Waals surface area contributed by atoms with E-state index in [4.69, 9.17) is 23.2 Å². The Morgan fingerprint density at radius 2 is 1.30 bits per heavy atom. The number of halogens is 2. The molecule has 0 aliphatic rings. The van der Waals surface area contributed by atoms with E-state index in [-0.39, 0.29) is 28.5 Å². The number of hydrogen-bond acceptors (Lipinski definition) is 7. The molecule has 0 fully saturated rings. The molecule has 0 aliphatic heterocycles. The van der Waals surface area contributed by atoms with Gasteiger partial charge in [0.25, 0.3) is 20.0 Å². The fourth-order valence-corrected chi connectivity index (χ4v) is 7.13. The average molecular weight is 485 g/mol. The number of phenols is 1. The highest BCUT2D eigenvalue weighted by molar-refractivity contribution is 7.95. The molecule has 7 nitrogen and oxygen atoms in total. The molecular weight excluding hydrogens is 475 g/mol. The molecular formula is C14H10Cl2N2O5S4. The van der Waals surface area contributed by atoms with E-state index in [1.54, 1.807) is 0 Å². The van der Waals surface area contributed by atoms with Crippen molar-refractivity contribution in [1.82, 2.24) is 0 Å². The van der Waals surface area contributed by atoms with Gasteiger partial charge < -0.3 is 5.11 Å². The number of nitrogens with one attached hydrogen (secondary N) is 2. The van der Waals surface area contributed by atoms with Crippen molar-refractivity contribution in [2.45, 2.75) is 8.42 Å². The van der Waals surface area contributed by atoms with Crippen LogP contribution in [0, 0.1) is 0 Å². The van der Waals surface area contributed by atoms with E-state index in [2.05, 4.69) is 9.44 Å². The van der Waals surface area contributed by atoms with Crippen molar-refractivity contribution in [3.8, 4) is 5.75 Å². The summed E-state index contributed by atoms with van der Waals surface area (Å²) < 4.78 is 54.8. The second-order valence-corrected chi connectivity index (χ2v) is 12.3. The largest absolute Gasteiger partial charge is 0.506 e. The van der Waals surface area contributed by atoms with Gasteiger partial charge in [0.05, 0.1) is 14.4 Å². The van der Waals surface area contributed by atoms with Crippen LogP contribution in [0.1, 0.15) is 0 Å². The van der Waals surface area contributed by atoms with Crippen LogP contribution in [0.3, 0.4) is 0 Å². The first-order valence-corrected chi connectivity index (χ1v) is 12.3. The number of anilines is 2. The highest BCUT2D eigenvalue weighted by atomic mass is 35.5. The summed E-state index contributed by atoms with van der Waals surface area (Å²) in [6, 6.07) is 9.35. The standard InChI is InChI=1S/C14H10Cl2N2O5S4/c15-10-4-6-12(24-10)26(20,21)17-8-2-1-3-9(19)14(8)18-27(22,23)13-7-5-11(16)25-13/h1-7,17-19H. The van der Waals surface area contributed by atoms with Crippen LogP contribution in [-0.2, 0) is 20.0 Å². The highest BCUT2D eigenvalue weighted by Gasteiger charge is 2.24. The third-order valence-corrected chi connectivity index (χ3v) is 9.31. The lowest BCUT2D eigenvalue weighted by Gasteiger charge is -2.14. The Kier molecular flexibility index (Phi) is 5.62. The van der Waals surface area contributed by atoms with Gasteiger partial charge in [-0.05, 0) is 36.4 Å². The number of phenolic OH excluding ortho intramolecular Hbond substituents is 1. The van der Waals surface area contributed by atoms with Crippen LogP contribution in [0.4, 0.5) is 11.4 Å². The quantitative estimate of drug-likeness (QED) is 0.448. The third-order valence-electron chi connectivity index (χ3n) is 3.15. The first-order valence-electron chi connectivity index (χ1n) is 6.97. The lowest BCUT2D eigenvalue weighted by atomic mass is 10.2. The summed E-state index contributed by atoms with van der Waals surface area (Å²) >= 11 is 13.2. The van der Waals surface area contributed by atoms with E-state index < -0.39 is 25.8 Å². The maximum Gasteiger partial charge on any atom is 0.271 e. The molecule has 0 amide bonds. The van der Waals surface area contributed by atoms with Gasteiger partial charge >= 0.3 is 0 Å². The summed E-state index contributed by atoms with van der Waals surface area (Å²) in [5.74, 6) is -0.453. The van der Waals surface area contributed by atoms with E-state index in [0.29, 0.717) is 0 Å². The summed E-state index contributed by atoms with van der Waals surface area (Å²) in [6.07, 6.45) is 0. The topological polar surface area (TPSA) is 113 Å². The fraction of sp³-hybridized carbons (Fsp3) is 0. The molecule has 13 heteroatoms. The molecule has 0 radical (unpaired) electrons. The molecule has 0 aliphatic carbocycles. The molecule has 3 aromatic rings. The van der Waals surface area contributed by atoms with Gasteiger partial charge in [-0.15, -0.1) is 22.7 Å².